The molecule has 1 aromatic carbocycles. The van der Waals surface area contributed by atoms with Crippen LogP contribution in [0, 0.1) is 0 Å². The lowest BCUT2D eigenvalue weighted by molar-refractivity contribution is -0.680. The maximum absolute atomic E-state index is 5.76. The van der Waals surface area contributed by atoms with E-state index in [1.807, 2.05) is 59.9 Å². The molecule has 0 unspecified atom stereocenters. The molecule has 0 amide bonds. The van der Waals surface area contributed by atoms with Crippen LogP contribution >= 0.6 is 17.0 Å². The number of hydrogen-bond acceptors (Lipinski definition) is 3. The van der Waals surface area contributed by atoms with E-state index in [1.54, 1.807) is 6.21 Å². The minimum absolute atomic E-state index is 0. The Kier molecular flexibility index (Phi) is 9.19. The molecule has 7 nitrogen and oxygen atoms in total. The summed E-state index contributed by atoms with van der Waals surface area (Å²) >= 11 is 0. The maximum Gasteiger partial charge on any atom is 0.294 e. The van der Waals surface area contributed by atoms with Gasteiger partial charge in [0.2, 0.25) is 5.96 Å². The summed E-state index contributed by atoms with van der Waals surface area (Å²) in [7, 11) is 3.98. The summed E-state index contributed by atoms with van der Waals surface area (Å²) in [4.78, 5) is 0. The zero-order chi connectivity index (χ0) is 15.2. The lowest BCUT2D eigenvalue weighted by atomic mass is 10.2. The number of guanidine groups is 1. The Morgan fingerprint density at radius 2 is 1.96 bits per heavy atom. The first kappa shape index (κ1) is 21.1. The summed E-state index contributed by atoms with van der Waals surface area (Å²) in [5, 5.41) is 7.28. The second kappa shape index (κ2) is 10.0. The van der Waals surface area contributed by atoms with E-state index >= 15 is 0 Å². The SMILES string of the molecule is Br.Cn1cc[n+](C)c1COc1ccc(/C=N/N=C(N)N)cc1.[Br-]. The van der Waals surface area contributed by atoms with Gasteiger partial charge in [0.05, 0.1) is 20.3 Å². The summed E-state index contributed by atoms with van der Waals surface area (Å²) in [5.74, 6) is 1.80. The van der Waals surface area contributed by atoms with Crippen molar-refractivity contribution >= 4 is 29.2 Å². The van der Waals surface area contributed by atoms with E-state index < -0.39 is 0 Å². The van der Waals surface area contributed by atoms with Gasteiger partial charge in [0, 0.05) is 0 Å². The highest BCUT2D eigenvalue weighted by atomic mass is 79.9. The van der Waals surface area contributed by atoms with Crippen molar-refractivity contribution in [3.63, 3.8) is 0 Å². The number of aryl methyl sites for hydroxylation is 2. The zero-order valence-corrected chi connectivity index (χ0v) is 16.2. The summed E-state index contributed by atoms with van der Waals surface area (Å²) in [6.45, 7) is 0.501. The predicted molar refractivity (Wildman–Crippen MR) is 91.1 cm³/mol. The molecule has 0 radical (unpaired) electrons. The summed E-state index contributed by atoms with van der Waals surface area (Å²) in [6.07, 6.45) is 5.55. The molecule has 9 heteroatoms. The molecule has 2 aromatic rings. The van der Waals surface area contributed by atoms with Gasteiger partial charge in [-0.15, -0.1) is 22.1 Å². The molecule has 0 bridgehead atoms. The monoisotopic (exact) mass is 446 g/mol. The lowest BCUT2D eigenvalue weighted by Gasteiger charge is -2.04. The fourth-order valence-electron chi connectivity index (χ4n) is 1.78. The molecule has 126 valence electrons. The molecule has 1 aromatic heterocycles. The third-order valence-electron chi connectivity index (χ3n) is 2.96. The first-order valence-corrected chi connectivity index (χ1v) is 6.41. The largest absolute Gasteiger partial charge is 1.00 e. The van der Waals surface area contributed by atoms with E-state index in [-0.39, 0.29) is 39.9 Å². The number of hydrogen-bond donors (Lipinski definition) is 2. The third kappa shape index (κ3) is 6.41. The number of aromatic nitrogens is 2. The molecule has 2 rings (SSSR count). The van der Waals surface area contributed by atoms with Crippen LogP contribution in [0.4, 0.5) is 0 Å². The van der Waals surface area contributed by atoms with Gasteiger partial charge in [-0.3, -0.25) is 0 Å². The molecule has 0 spiro atoms. The van der Waals surface area contributed by atoms with Crippen molar-refractivity contribution in [1.29, 1.82) is 0 Å². The van der Waals surface area contributed by atoms with E-state index in [0.717, 1.165) is 17.1 Å². The minimum Gasteiger partial charge on any atom is -1.00 e. The van der Waals surface area contributed by atoms with E-state index in [2.05, 4.69) is 10.2 Å². The van der Waals surface area contributed by atoms with Crippen LogP contribution in [0.25, 0.3) is 0 Å². The number of imidazole rings is 1. The van der Waals surface area contributed by atoms with Gasteiger partial charge in [-0.05, 0) is 29.8 Å². The molecule has 0 atom stereocenters. The van der Waals surface area contributed by atoms with Crippen molar-refractivity contribution in [2.75, 3.05) is 0 Å². The molecule has 0 saturated carbocycles. The highest BCUT2D eigenvalue weighted by molar-refractivity contribution is 8.93. The quantitative estimate of drug-likeness (QED) is 0.232. The Morgan fingerprint density at radius 3 is 2.48 bits per heavy atom. The third-order valence-corrected chi connectivity index (χ3v) is 2.96. The second-order valence-electron chi connectivity index (χ2n) is 4.56. The number of nitrogens with two attached hydrogens (primary N) is 2. The number of benzene rings is 1. The topological polar surface area (TPSA) is 94.8 Å². The standard InChI is InChI=1S/C14H19N6O.2BrH/c1-19-7-8-20(2)13(19)10-21-12-5-3-11(4-6-12)9-17-18-14(15)16;;/h3-9H,10H2,1-2H3,(H4,15,16,18);2*1H/q+1;;/p-1/b17-9+;;. The molecular weight excluding hydrogens is 428 g/mol. The van der Waals surface area contributed by atoms with Gasteiger partial charge in [-0.1, -0.05) is 0 Å². The molecule has 0 saturated heterocycles. The van der Waals surface area contributed by atoms with Gasteiger partial charge >= 0.3 is 0 Å². The van der Waals surface area contributed by atoms with Crippen LogP contribution in [0.3, 0.4) is 0 Å². The minimum atomic E-state index is -0.0679. The molecule has 23 heavy (non-hydrogen) atoms. The van der Waals surface area contributed by atoms with Crippen LogP contribution < -0.4 is 37.8 Å². The van der Waals surface area contributed by atoms with Crippen molar-refractivity contribution in [2.24, 2.45) is 35.8 Å². The number of halogens is 2. The normalized spacial score (nSPS) is 9.83. The Balaban J connectivity index is 0.00000242. The Hall–Kier alpha value is -1.87. The van der Waals surface area contributed by atoms with Gasteiger partial charge < -0.3 is 33.2 Å². The zero-order valence-electron chi connectivity index (χ0n) is 12.9. The highest BCUT2D eigenvalue weighted by Crippen LogP contribution is 2.12. The first-order valence-electron chi connectivity index (χ1n) is 6.41. The number of nitrogens with zero attached hydrogens (tertiary/aromatic N) is 4. The maximum atomic E-state index is 5.76. The van der Waals surface area contributed by atoms with Crippen molar-refractivity contribution in [3.05, 3.63) is 48.0 Å². The van der Waals surface area contributed by atoms with E-state index in [9.17, 15) is 0 Å². The van der Waals surface area contributed by atoms with Gasteiger partial charge in [0.25, 0.3) is 5.82 Å². The summed E-state index contributed by atoms with van der Waals surface area (Å²) < 4.78 is 9.80. The molecule has 0 fully saturated rings. The van der Waals surface area contributed by atoms with Gasteiger partial charge in [-0.25, -0.2) is 9.13 Å². The summed E-state index contributed by atoms with van der Waals surface area (Å²) in [5.41, 5.74) is 11.2. The molecule has 4 N–H and O–H groups in total. The van der Waals surface area contributed by atoms with E-state index in [0.29, 0.717) is 6.61 Å². The van der Waals surface area contributed by atoms with Crippen LogP contribution in [-0.2, 0) is 20.7 Å². The second-order valence-corrected chi connectivity index (χ2v) is 4.56. The van der Waals surface area contributed by atoms with E-state index in [4.69, 9.17) is 16.2 Å². The molecule has 0 aliphatic carbocycles. The van der Waals surface area contributed by atoms with Crippen LogP contribution in [0.5, 0.6) is 5.75 Å². The highest BCUT2D eigenvalue weighted by Gasteiger charge is 2.11. The van der Waals surface area contributed by atoms with Crippen molar-refractivity contribution in [2.45, 2.75) is 6.61 Å². The molecular formula is C14H20Br2N6O. The lowest BCUT2D eigenvalue weighted by Crippen LogP contribution is -3.00. The first-order chi connectivity index (χ1) is 10.1. The van der Waals surface area contributed by atoms with Crippen LogP contribution in [0.1, 0.15) is 11.4 Å². The fourth-order valence-corrected chi connectivity index (χ4v) is 1.78. The Bertz CT molecular complexity index is 643. The number of rotatable bonds is 5. The van der Waals surface area contributed by atoms with Crippen LogP contribution in [-0.4, -0.2) is 16.7 Å². The Labute approximate surface area is 156 Å². The van der Waals surface area contributed by atoms with Crippen LogP contribution in [0.15, 0.2) is 46.9 Å². The molecule has 1 heterocycles. The summed E-state index contributed by atoms with van der Waals surface area (Å²) in [6, 6.07) is 7.51. The fraction of sp³-hybridized carbons (Fsp3) is 0.214. The van der Waals surface area contributed by atoms with Crippen LogP contribution in [0.2, 0.25) is 0 Å². The van der Waals surface area contributed by atoms with Gasteiger partial charge in [0.1, 0.15) is 18.1 Å². The van der Waals surface area contributed by atoms with Gasteiger partial charge in [-0.2, -0.15) is 5.10 Å². The number of ether oxygens (including phenoxy) is 1. The predicted octanol–water partition coefficient (Wildman–Crippen LogP) is -2.38. The average Bonchev–Trinajstić information content (AvgIpc) is 2.77. The molecule has 0 aliphatic rings. The average molecular weight is 448 g/mol. The van der Waals surface area contributed by atoms with Crippen molar-refractivity contribution in [3.8, 4) is 5.75 Å². The Morgan fingerprint density at radius 1 is 1.30 bits per heavy atom. The van der Waals surface area contributed by atoms with Crippen molar-refractivity contribution < 1.29 is 26.3 Å². The van der Waals surface area contributed by atoms with Gasteiger partial charge in [0.15, 0.2) is 6.61 Å². The van der Waals surface area contributed by atoms with E-state index in [1.165, 1.54) is 0 Å². The molecule has 0 aliphatic heterocycles. The smallest absolute Gasteiger partial charge is 0.294 e. The van der Waals surface area contributed by atoms with Crippen molar-refractivity contribution in [1.82, 2.24) is 4.57 Å².